The molecule has 0 radical (unpaired) electrons. The van der Waals surface area contributed by atoms with Gasteiger partial charge in [0.05, 0.1) is 25.1 Å². The third-order valence-electron chi connectivity index (χ3n) is 2.71. The summed E-state index contributed by atoms with van der Waals surface area (Å²) in [4.78, 5) is 0. The highest BCUT2D eigenvalue weighted by Gasteiger charge is 2.11. The van der Waals surface area contributed by atoms with Crippen LogP contribution in [0.4, 0.5) is 0 Å². The van der Waals surface area contributed by atoms with Crippen LogP contribution in [-0.4, -0.2) is 22.0 Å². The maximum absolute atomic E-state index is 9.24. The summed E-state index contributed by atoms with van der Waals surface area (Å²) in [7, 11) is 1.64. The smallest absolute Gasteiger partial charge is 0.128 e. The summed E-state index contributed by atoms with van der Waals surface area (Å²) in [6.07, 6.45) is 0. The zero-order valence-corrected chi connectivity index (χ0v) is 10.1. The monoisotopic (exact) mass is 232 g/mol. The van der Waals surface area contributed by atoms with Gasteiger partial charge in [0.1, 0.15) is 5.75 Å². The normalized spacial score (nSPS) is 10.5. The van der Waals surface area contributed by atoms with E-state index in [-0.39, 0.29) is 6.61 Å². The zero-order chi connectivity index (χ0) is 12.3. The highest BCUT2D eigenvalue weighted by Crippen LogP contribution is 2.28. The second-order valence-corrected chi connectivity index (χ2v) is 3.70. The molecule has 0 bridgehead atoms. The number of para-hydroxylation sites is 1. The molecule has 0 saturated carbocycles. The molecule has 0 fully saturated rings. The van der Waals surface area contributed by atoms with E-state index in [1.165, 1.54) is 0 Å². The standard InChI is InChI=1S/C13H16N2O2/c1-3-15-10(9-16)8-12(14-15)11-6-4-5-7-13(11)17-2/h4-8,16H,3,9H2,1-2H3. The van der Waals surface area contributed by atoms with Crippen molar-refractivity contribution in [3.8, 4) is 17.0 Å². The van der Waals surface area contributed by atoms with Crippen LogP contribution in [0.3, 0.4) is 0 Å². The van der Waals surface area contributed by atoms with Crippen LogP contribution in [0.25, 0.3) is 11.3 Å². The fourth-order valence-corrected chi connectivity index (χ4v) is 1.84. The lowest BCUT2D eigenvalue weighted by Crippen LogP contribution is -2.01. The average molecular weight is 232 g/mol. The van der Waals surface area contributed by atoms with Crippen LogP contribution in [0.15, 0.2) is 30.3 Å². The van der Waals surface area contributed by atoms with Gasteiger partial charge in [-0.15, -0.1) is 0 Å². The van der Waals surface area contributed by atoms with Gasteiger partial charge in [0.15, 0.2) is 0 Å². The van der Waals surface area contributed by atoms with E-state index in [0.29, 0.717) is 0 Å². The molecular weight excluding hydrogens is 216 g/mol. The molecule has 0 aliphatic rings. The summed E-state index contributed by atoms with van der Waals surface area (Å²) in [5.41, 5.74) is 2.58. The number of ether oxygens (including phenoxy) is 1. The molecule has 0 aliphatic heterocycles. The van der Waals surface area contributed by atoms with Gasteiger partial charge in [0, 0.05) is 12.1 Å². The van der Waals surface area contributed by atoms with Gasteiger partial charge >= 0.3 is 0 Å². The van der Waals surface area contributed by atoms with Gasteiger partial charge in [-0.3, -0.25) is 4.68 Å². The minimum Gasteiger partial charge on any atom is -0.496 e. The number of benzene rings is 1. The van der Waals surface area contributed by atoms with Gasteiger partial charge in [-0.1, -0.05) is 12.1 Å². The summed E-state index contributed by atoms with van der Waals surface area (Å²) in [6, 6.07) is 9.62. The largest absolute Gasteiger partial charge is 0.496 e. The lowest BCUT2D eigenvalue weighted by atomic mass is 10.1. The molecular formula is C13H16N2O2. The predicted molar refractivity (Wildman–Crippen MR) is 65.8 cm³/mol. The molecule has 17 heavy (non-hydrogen) atoms. The van der Waals surface area contributed by atoms with Crippen molar-refractivity contribution in [2.75, 3.05) is 7.11 Å². The van der Waals surface area contributed by atoms with Gasteiger partial charge in [-0.05, 0) is 25.1 Å². The van der Waals surface area contributed by atoms with E-state index in [0.717, 1.165) is 29.2 Å². The summed E-state index contributed by atoms with van der Waals surface area (Å²) in [5.74, 6) is 0.790. The molecule has 1 N–H and O–H groups in total. The van der Waals surface area contributed by atoms with Crippen LogP contribution in [0.2, 0.25) is 0 Å². The molecule has 0 spiro atoms. The van der Waals surface area contributed by atoms with Gasteiger partial charge in [-0.25, -0.2) is 0 Å². The molecule has 1 aromatic heterocycles. The minimum absolute atomic E-state index is 0.00398. The van der Waals surface area contributed by atoms with Crippen LogP contribution in [0.1, 0.15) is 12.6 Å². The molecule has 4 nitrogen and oxygen atoms in total. The van der Waals surface area contributed by atoms with Crippen LogP contribution in [-0.2, 0) is 13.2 Å². The number of rotatable bonds is 4. The molecule has 1 aromatic carbocycles. The maximum Gasteiger partial charge on any atom is 0.128 e. The molecule has 2 rings (SSSR count). The van der Waals surface area contributed by atoms with E-state index in [4.69, 9.17) is 4.74 Å². The Balaban J connectivity index is 2.49. The Morgan fingerprint density at radius 3 is 2.71 bits per heavy atom. The van der Waals surface area contributed by atoms with Crippen molar-refractivity contribution in [3.63, 3.8) is 0 Å². The number of aromatic nitrogens is 2. The van der Waals surface area contributed by atoms with Crippen LogP contribution in [0, 0.1) is 0 Å². The first kappa shape index (κ1) is 11.7. The summed E-state index contributed by atoms with van der Waals surface area (Å²) in [5, 5.41) is 13.7. The third kappa shape index (κ3) is 2.17. The Bertz CT molecular complexity index is 484. The van der Waals surface area contributed by atoms with E-state index in [1.54, 1.807) is 11.8 Å². The third-order valence-corrected chi connectivity index (χ3v) is 2.71. The fraction of sp³-hybridized carbons (Fsp3) is 0.308. The van der Waals surface area contributed by atoms with Crippen molar-refractivity contribution < 1.29 is 9.84 Å². The molecule has 2 aromatic rings. The second kappa shape index (κ2) is 5.01. The number of methoxy groups -OCH3 is 1. The highest BCUT2D eigenvalue weighted by molar-refractivity contribution is 5.67. The van der Waals surface area contributed by atoms with Crippen molar-refractivity contribution in [1.82, 2.24) is 9.78 Å². The Hall–Kier alpha value is -1.81. The topological polar surface area (TPSA) is 47.3 Å². The minimum atomic E-state index is -0.00398. The number of hydrogen-bond acceptors (Lipinski definition) is 3. The van der Waals surface area contributed by atoms with E-state index in [1.807, 2.05) is 37.3 Å². The lowest BCUT2D eigenvalue weighted by Gasteiger charge is -2.04. The lowest BCUT2D eigenvalue weighted by molar-refractivity contribution is 0.268. The van der Waals surface area contributed by atoms with Crippen LogP contribution in [0.5, 0.6) is 5.75 Å². The van der Waals surface area contributed by atoms with Crippen LogP contribution < -0.4 is 4.74 Å². The quantitative estimate of drug-likeness (QED) is 0.877. The van der Waals surface area contributed by atoms with E-state index >= 15 is 0 Å². The van der Waals surface area contributed by atoms with Gasteiger partial charge in [0.2, 0.25) is 0 Å². The Kier molecular flexibility index (Phi) is 3.44. The van der Waals surface area contributed by atoms with E-state index in [2.05, 4.69) is 5.10 Å². The fourth-order valence-electron chi connectivity index (χ4n) is 1.84. The molecule has 0 aliphatic carbocycles. The number of aryl methyl sites for hydroxylation is 1. The Morgan fingerprint density at radius 2 is 2.12 bits per heavy atom. The number of hydrogen-bond donors (Lipinski definition) is 1. The first-order valence-electron chi connectivity index (χ1n) is 5.61. The molecule has 0 saturated heterocycles. The zero-order valence-electron chi connectivity index (χ0n) is 10.1. The van der Waals surface area contributed by atoms with Crippen molar-refractivity contribution in [2.24, 2.45) is 0 Å². The molecule has 0 atom stereocenters. The van der Waals surface area contributed by atoms with Crippen molar-refractivity contribution in [2.45, 2.75) is 20.1 Å². The number of aliphatic hydroxyl groups excluding tert-OH is 1. The van der Waals surface area contributed by atoms with Crippen molar-refractivity contribution in [3.05, 3.63) is 36.0 Å². The first-order valence-corrected chi connectivity index (χ1v) is 5.61. The van der Waals surface area contributed by atoms with Gasteiger partial charge in [-0.2, -0.15) is 5.10 Å². The highest BCUT2D eigenvalue weighted by atomic mass is 16.5. The molecule has 0 amide bonds. The summed E-state index contributed by atoms with van der Waals surface area (Å²) >= 11 is 0. The molecule has 1 heterocycles. The average Bonchev–Trinajstić information content (AvgIpc) is 2.81. The molecule has 0 unspecified atom stereocenters. The molecule has 4 heteroatoms. The van der Waals surface area contributed by atoms with Crippen molar-refractivity contribution >= 4 is 0 Å². The first-order chi connectivity index (χ1) is 8.30. The van der Waals surface area contributed by atoms with E-state index in [9.17, 15) is 5.11 Å². The summed E-state index contributed by atoms with van der Waals surface area (Å²) < 4.78 is 7.10. The second-order valence-electron chi connectivity index (χ2n) is 3.70. The van der Waals surface area contributed by atoms with Crippen LogP contribution >= 0.6 is 0 Å². The molecule has 90 valence electrons. The maximum atomic E-state index is 9.24. The summed E-state index contributed by atoms with van der Waals surface area (Å²) in [6.45, 7) is 2.74. The van der Waals surface area contributed by atoms with E-state index < -0.39 is 0 Å². The Morgan fingerprint density at radius 1 is 1.35 bits per heavy atom. The SMILES string of the molecule is CCn1nc(-c2ccccc2OC)cc1CO. The Labute approximate surface area is 100 Å². The van der Waals surface area contributed by atoms with Crippen molar-refractivity contribution in [1.29, 1.82) is 0 Å². The van der Waals surface area contributed by atoms with Gasteiger partial charge < -0.3 is 9.84 Å². The number of nitrogens with zero attached hydrogens (tertiary/aromatic N) is 2. The predicted octanol–water partition coefficient (Wildman–Crippen LogP) is 2.07. The number of aliphatic hydroxyl groups is 1. The van der Waals surface area contributed by atoms with Gasteiger partial charge in [0.25, 0.3) is 0 Å².